The molecule has 3 aromatic carbocycles. The fourth-order valence-electron chi connectivity index (χ4n) is 4.59. The van der Waals surface area contributed by atoms with Gasteiger partial charge in [0.15, 0.2) is 15.8 Å². The van der Waals surface area contributed by atoms with Gasteiger partial charge in [-0.05, 0) is 73.5 Å². The van der Waals surface area contributed by atoms with E-state index in [1.165, 1.54) is 35.1 Å². The van der Waals surface area contributed by atoms with Crippen molar-refractivity contribution in [2.45, 2.75) is 30.0 Å². The number of hydrogen-bond donors (Lipinski definition) is 1. The maximum Gasteiger partial charge on any atom is 0.301 e. The second-order valence-corrected chi connectivity index (χ2v) is 11.9. The molecule has 4 aromatic rings. The fourth-order valence-corrected chi connectivity index (χ4v) is 6.54. The van der Waals surface area contributed by atoms with E-state index < -0.39 is 17.7 Å². The molecule has 0 aliphatic carbocycles. The number of methoxy groups -OCH3 is 1. The molecule has 222 valence electrons. The van der Waals surface area contributed by atoms with Crippen molar-refractivity contribution in [1.82, 2.24) is 10.2 Å². The Balaban J connectivity index is 1.56. The average Bonchev–Trinajstić information content (AvgIpc) is 3.59. The summed E-state index contributed by atoms with van der Waals surface area (Å²) in [6, 6.07) is 18.3. The number of Topliss-reactive ketones (excluding diaryl/α,β-unsaturated/α-hetero) is 1. The summed E-state index contributed by atoms with van der Waals surface area (Å²) in [6.07, 6.45) is 0. The monoisotopic (exact) mass is 637 g/mol. The number of carbonyl (C=O) groups excluding carboxylic acids is 2. The van der Waals surface area contributed by atoms with E-state index in [1.807, 2.05) is 38.1 Å². The lowest BCUT2D eigenvalue weighted by molar-refractivity contribution is -0.132. The van der Waals surface area contributed by atoms with Crippen molar-refractivity contribution < 1.29 is 28.9 Å². The molecule has 9 nitrogen and oxygen atoms in total. The molecule has 0 saturated carbocycles. The highest BCUT2D eigenvalue weighted by molar-refractivity contribution is 8.00. The minimum Gasteiger partial charge on any atom is -0.507 e. The number of ether oxygens (including phenoxy) is 3. The summed E-state index contributed by atoms with van der Waals surface area (Å²) in [5, 5.41) is 20.9. The summed E-state index contributed by atoms with van der Waals surface area (Å²) in [7, 11) is 1.51. The SMILES string of the molecule is CCOc1ccc(/C(O)=C2/C(=O)C(=O)N(c3nnc(SCc4ccc(Cl)cc4)s3)C2c2ccc(OCC)c(OC)c2)cc1. The van der Waals surface area contributed by atoms with Gasteiger partial charge in [0.1, 0.15) is 11.5 Å². The van der Waals surface area contributed by atoms with Gasteiger partial charge in [-0.1, -0.05) is 52.9 Å². The molecule has 0 radical (unpaired) electrons. The van der Waals surface area contributed by atoms with Gasteiger partial charge in [0.25, 0.3) is 5.78 Å². The molecule has 1 N–H and O–H groups in total. The molecule has 2 heterocycles. The molecule has 1 unspecified atom stereocenters. The molecule has 12 heteroatoms. The van der Waals surface area contributed by atoms with Crippen LogP contribution in [0.15, 0.2) is 76.6 Å². The van der Waals surface area contributed by atoms with E-state index in [0.717, 1.165) is 5.56 Å². The van der Waals surface area contributed by atoms with Gasteiger partial charge in [0, 0.05) is 16.3 Å². The van der Waals surface area contributed by atoms with Gasteiger partial charge >= 0.3 is 5.91 Å². The van der Waals surface area contributed by atoms with Crippen LogP contribution in [0.4, 0.5) is 5.13 Å². The highest BCUT2D eigenvalue weighted by Gasteiger charge is 2.48. The number of carbonyl (C=O) groups is 2. The molecule has 1 atom stereocenters. The Morgan fingerprint density at radius 2 is 1.70 bits per heavy atom. The number of anilines is 1. The van der Waals surface area contributed by atoms with E-state index in [1.54, 1.807) is 42.5 Å². The van der Waals surface area contributed by atoms with Crippen molar-refractivity contribution in [1.29, 1.82) is 0 Å². The van der Waals surface area contributed by atoms with Crippen LogP contribution in [0.5, 0.6) is 17.2 Å². The number of amides is 1. The first-order valence-electron chi connectivity index (χ1n) is 13.4. The number of nitrogens with zero attached hydrogens (tertiary/aromatic N) is 3. The third kappa shape index (κ3) is 6.48. The molecular weight excluding hydrogens is 610 g/mol. The summed E-state index contributed by atoms with van der Waals surface area (Å²) in [4.78, 5) is 28.5. The van der Waals surface area contributed by atoms with Crippen LogP contribution in [0.25, 0.3) is 5.76 Å². The smallest absolute Gasteiger partial charge is 0.301 e. The first-order chi connectivity index (χ1) is 20.8. The molecule has 43 heavy (non-hydrogen) atoms. The first-order valence-corrected chi connectivity index (χ1v) is 15.6. The van der Waals surface area contributed by atoms with Crippen LogP contribution in [0.1, 0.15) is 36.6 Å². The van der Waals surface area contributed by atoms with Crippen molar-refractivity contribution in [3.8, 4) is 17.2 Å². The highest BCUT2D eigenvalue weighted by Crippen LogP contribution is 2.45. The van der Waals surface area contributed by atoms with Gasteiger partial charge in [0.05, 0.1) is 31.9 Å². The summed E-state index contributed by atoms with van der Waals surface area (Å²) >= 11 is 8.63. The van der Waals surface area contributed by atoms with Crippen molar-refractivity contribution in [2.24, 2.45) is 0 Å². The molecule has 1 amide bonds. The molecule has 1 aromatic heterocycles. The number of ketones is 1. The molecule has 1 saturated heterocycles. The second kappa shape index (κ2) is 13.5. The van der Waals surface area contributed by atoms with E-state index in [9.17, 15) is 14.7 Å². The van der Waals surface area contributed by atoms with Gasteiger partial charge in [-0.25, -0.2) is 0 Å². The van der Waals surface area contributed by atoms with Crippen molar-refractivity contribution >= 4 is 57.3 Å². The maximum absolute atomic E-state index is 13.6. The number of thioether (sulfide) groups is 1. The van der Waals surface area contributed by atoms with E-state index in [0.29, 0.717) is 56.7 Å². The van der Waals surface area contributed by atoms with Gasteiger partial charge in [-0.15, -0.1) is 10.2 Å². The number of aliphatic hydroxyl groups excluding tert-OH is 1. The van der Waals surface area contributed by atoms with E-state index >= 15 is 0 Å². The standard InChI is InChI=1S/C31H28ClN3O6S2/c1-4-40-22-13-8-19(9-14-22)27(36)25-26(20-10-15-23(41-5-2)24(16-20)39-3)35(29(38)28(25)37)30-33-34-31(43-30)42-17-18-6-11-21(32)12-7-18/h6-16,26,36H,4-5,17H2,1-3H3/b27-25-. The van der Waals surface area contributed by atoms with Crippen molar-refractivity contribution in [3.63, 3.8) is 0 Å². The highest BCUT2D eigenvalue weighted by atomic mass is 35.5. The summed E-state index contributed by atoms with van der Waals surface area (Å²) in [5.74, 6) is 0.178. The van der Waals surface area contributed by atoms with E-state index in [2.05, 4.69) is 10.2 Å². The predicted molar refractivity (Wildman–Crippen MR) is 167 cm³/mol. The topological polar surface area (TPSA) is 111 Å². The fraction of sp³-hybridized carbons (Fsp3) is 0.226. The Morgan fingerprint density at radius 1 is 0.977 bits per heavy atom. The lowest BCUT2D eigenvalue weighted by Crippen LogP contribution is -2.29. The zero-order valence-corrected chi connectivity index (χ0v) is 26.0. The summed E-state index contributed by atoms with van der Waals surface area (Å²) in [6.45, 7) is 4.64. The average molecular weight is 638 g/mol. The van der Waals surface area contributed by atoms with Crippen LogP contribution in [-0.4, -0.2) is 47.3 Å². The largest absolute Gasteiger partial charge is 0.507 e. The molecule has 0 spiro atoms. The number of benzene rings is 3. The van der Waals surface area contributed by atoms with E-state index in [-0.39, 0.29) is 16.5 Å². The summed E-state index contributed by atoms with van der Waals surface area (Å²) < 4.78 is 17.3. The number of hydrogen-bond acceptors (Lipinski definition) is 10. The van der Waals surface area contributed by atoms with E-state index in [4.69, 9.17) is 25.8 Å². The van der Waals surface area contributed by atoms with Gasteiger partial charge in [0.2, 0.25) is 5.13 Å². The molecular formula is C31H28ClN3O6S2. The molecule has 0 bridgehead atoms. The molecule has 5 rings (SSSR count). The minimum absolute atomic E-state index is 0.0778. The normalized spacial score (nSPS) is 16.0. The van der Waals surface area contributed by atoms with Gasteiger partial charge < -0.3 is 19.3 Å². The molecule has 1 aliphatic heterocycles. The first kappa shape index (κ1) is 30.4. The maximum atomic E-state index is 13.6. The van der Waals surface area contributed by atoms with Crippen LogP contribution in [0, 0.1) is 0 Å². The van der Waals surface area contributed by atoms with Crippen LogP contribution in [-0.2, 0) is 15.3 Å². The Bertz CT molecular complexity index is 1660. The van der Waals surface area contributed by atoms with Crippen LogP contribution >= 0.6 is 34.7 Å². The van der Waals surface area contributed by atoms with Gasteiger partial charge in [-0.3, -0.25) is 14.5 Å². The predicted octanol–water partition coefficient (Wildman–Crippen LogP) is 6.92. The quantitative estimate of drug-likeness (QED) is 0.0616. The Morgan fingerprint density at radius 3 is 2.37 bits per heavy atom. The third-order valence-electron chi connectivity index (χ3n) is 6.56. The molecule has 1 fully saturated rings. The Hall–Kier alpha value is -4.06. The zero-order chi connectivity index (χ0) is 30.5. The zero-order valence-electron chi connectivity index (χ0n) is 23.6. The Labute approximate surface area is 262 Å². The minimum atomic E-state index is -1.00. The lowest BCUT2D eigenvalue weighted by Gasteiger charge is -2.23. The van der Waals surface area contributed by atoms with Crippen molar-refractivity contribution in [3.05, 3.63) is 94.0 Å². The van der Waals surface area contributed by atoms with Crippen LogP contribution in [0.2, 0.25) is 5.02 Å². The third-order valence-corrected chi connectivity index (χ3v) is 8.94. The van der Waals surface area contributed by atoms with Crippen LogP contribution in [0.3, 0.4) is 0 Å². The van der Waals surface area contributed by atoms with Crippen LogP contribution < -0.4 is 19.1 Å². The summed E-state index contributed by atoms with van der Waals surface area (Å²) in [5.41, 5.74) is 1.85. The number of aromatic nitrogens is 2. The number of rotatable bonds is 11. The lowest BCUT2D eigenvalue weighted by atomic mass is 9.95. The number of aliphatic hydroxyl groups is 1. The van der Waals surface area contributed by atoms with Crippen molar-refractivity contribution in [2.75, 3.05) is 25.2 Å². The number of halogens is 1. The second-order valence-electron chi connectivity index (χ2n) is 9.24. The Kier molecular flexibility index (Phi) is 9.54. The molecule has 1 aliphatic rings. The van der Waals surface area contributed by atoms with Gasteiger partial charge in [-0.2, -0.15) is 0 Å².